The van der Waals surface area contributed by atoms with Crippen molar-refractivity contribution in [1.29, 1.82) is 0 Å². The minimum absolute atomic E-state index is 0.0958. The number of carboxylic acid groups (broad SMARTS) is 1. The van der Waals surface area contributed by atoms with Crippen molar-refractivity contribution in [2.75, 3.05) is 17.7 Å². The molecule has 0 aliphatic carbocycles. The van der Waals surface area contributed by atoms with Gasteiger partial charge in [0.2, 0.25) is 0 Å². The Bertz CT molecular complexity index is 1250. The number of aromatic nitrogens is 2. The molecule has 1 amide bonds. The highest BCUT2D eigenvalue weighted by molar-refractivity contribution is 6.04. The molecular formula is C25H26F3N5O3. The zero-order valence-corrected chi connectivity index (χ0v) is 19.9. The Hall–Kier alpha value is -3.99. The summed E-state index contributed by atoms with van der Waals surface area (Å²) in [6.07, 6.45) is -4.43. The molecule has 0 bridgehead atoms. The number of hydrogen-bond donors (Lipinski definition) is 4. The maximum Gasteiger partial charge on any atom is 0.416 e. The Balaban J connectivity index is 1.77. The quantitative estimate of drug-likeness (QED) is 0.364. The molecule has 0 fully saturated rings. The molecule has 190 valence electrons. The maximum absolute atomic E-state index is 12.7. The second kappa shape index (κ2) is 10.3. The van der Waals surface area contributed by atoms with E-state index in [2.05, 4.69) is 20.6 Å². The lowest BCUT2D eigenvalue weighted by Gasteiger charge is -2.23. The monoisotopic (exact) mass is 501 g/mol. The minimum atomic E-state index is -4.47. The molecule has 0 aliphatic rings. The number of rotatable bonds is 8. The Morgan fingerprint density at radius 3 is 2.11 bits per heavy atom. The highest BCUT2D eigenvalue weighted by atomic mass is 19.4. The van der Waals surface area contributed by atoms with Gasteiger partial charge in [-0.05, 0) is 55.8 Å². The van der Waals surface area contributed by atoms with E-state index in [-0.39, 0.29) is 12.0 Å². The van der Waals surface area contributed by atoms with Crippen molar-refractivity contribution < 1.29 is 27.9 Å². The van der Waals surface area contributed by atoms with E-state index in [0.717, 1.165) is 29.8 Å². The van der Waals surface area contributed by atoms with Crippen LogP contribution in [0.2, 0.25) is 0 Å². The summed E-state index contributed by atoms with van der Waals surface area (Å²) in [7, 11) is 1.64. The normalized spacial score (nSPS) is 11.8. The number of carbonyl (C=O) groups excluding carboxylic acids is 1. The van der Waals surface area contributed by atoms with E-state index in [4.69, 9.17) is 5.73 Å². The maximum atomic E-state index is 12.7. The number of benzene rings is 2. The summed E-state index contributed by atoms with van der Waals surface area (Å²) in [6, 6.07) is 10.8. The summed E-state index contributed by atoms with van der Waals surface area (Å²) in [4.78, 5) is 32.7. The van der Waals surface area contributed by atoms with Gasteiger partial charge in [0, 0.05) is 30.3 Å². The number of carboxylic acids is 1. The van der Waals surface area contributed by atoms with Gasteiger partial charge in [0.1, 0.15) is 11.6 Å². The van der Waals surface area contributed by atoms with E-state index in [1.165, 1.54) is 0 Å². The predicted octanol–water partition coefficient (Wildman–Crippen LogP) is 4.20. The molecule has 5 N–H and O–H groups in total. The molecule has 0 saturated heterocycles. The van der Waals surface area contributed by atoms with Crippen LogP contribution in [0.5, 0.6) is 0 Å². The first-order chi connectivity index (χ1) is 16.8. The van der Waals surface area contributed by atoms with Crippen molar-refractivity contribution in [3.05, 3.63) is 82.3 Å². The number of anilines is 2. The minimum Gasteiger partial charge on any atom is -0.481 e. The molecule has 0 unspecified atom stereocenters. The Labute approximate surface area is 205 Å². The van der Waals surface area contributed by atoms with Crippen LogP contribution in [-0.2, 0) is 29.4 Å². The molecule has 8 nitrogen and oxygen atoms in total. The molecular weight excluding hydrogens is 475 g/mol. The summed E-state index contributed by atoms with van der Waals surface area (Å²) in [5.41, 5.74) is 6.74. The van der Waals surface area contributed by atoms with Crippen LogP contribution in [0.3, 0.4) is 0 Å². The molecule has 0 spiro atoms. The molecule has 3 rings (SSSR count). The molecule has 3 aromatic rings. The number of nitrogens with one attached hydrogen (secondary N) is 2. The average molecular weight is 502 g/mol. The van der Waals surface area contributed by atoms with Gasteiger partial charge in [0.05, 0.1) is 23.2 Å². The van der Waals surface area contributed by atoms with Crippen molar-refractivity contribution in [3.8, 4) is 0 Å². The first-order valence-corrected chi connectivity index (χ1v) is 10.9. The third-order valence-corrected chi connectivity index (χ3v) is 5.28. The van der Waals surface area contributed by atoms with Crippen LogP contribution < -0.4 is 16.4 Å². The van der Waals surface area contributed by atoms with Crippen LogP contribution in [0.25, 0.3) is 0 Å². The number of nitrogens with zero attached hydrogens (tertiary/aromatic N) is 2. The zero-order chi connectivity index (χ0) is 26.7. The van der Waals surface area contributed by atoms with E-state index >= 15 is 0 Å². The number of hydrogen-bond acceptors (Lipinski definition) is 6. The topological polar surface area (TPSA) is 130 Å². The molecule has 0 saturated carbocycles. The predicted molar refractivity (Wildman–Crippen MR) is 129 cm³/mol. The second-order valence-corrected chi connectivity index (χ2v) is 8.76. The van der Waals surface area contributed by atoms with Crippen LogP contribution >= 0.6 is 0 Å². The lowest BCUT2D eigenvalue weighted by molar-refractivity contribution is -0.138. The number of nitrogens with two attached hydrogens (primary N) is 1. The third kappa shape index (κ3) is 6.57. The smallest absolute Gasteiger partial charge is 0.416 e. The first-order valence-electron chi connectivity index (χ1n) is 10.9. The Morgan fingerprint density at radius 1 is 1.00 bits per heavy atom. The summed E-state index contributed by atoms with van der Waals surface area (Å²) in [6.45, 7) is 3.47. The van der Waals surface area contributed by atoms with Gasteiger partial charge < -0.3 is 21.5 Å². The van der Waals surface area contributed by atoms with Crippen LogP contribution in [-0.4, -0.2) is 34.0 Å². The molecule has 0 aliphatic heterocycles. The second-order valence-electron chi connectivity index (χ2n) is 8.76. The van der Waals surface area contributed by atoms with Gasteiger partial charge >= 0.3 is 12.1 Å². The molecule has 0 atom stereocenters. The van der Waals surface area contributed by atoms with Gasteiger partial charge in [-0.1, -0.05) is 12.1 Å². The molecule has 1 aromatic heterocycles. The fourth-order valence-corrected chi connectivity index (χ4v) is 3.57. The Kier molecular flexibility index (Phi) is 7.63. The zero-order valence-electron chi connectivity index (χ0n) is 19.9. The Morgan fingerprint density at radius 2 is 1.61 bits per heavy atom. The number of halogens is 3. The van der Waals surface area contributed by atoms with Gasteiger partial charge in [-0.2, -0.15) is 13.2 Å². The summed E-state index contributed by atoms with van der Waals surface area (Å²) >= 11 is 0. The average Bonchev–Trinajstić information content (AvgIpc) is 2.79. The highest BCUT2D eigenvalue weighted by Crippen LogP contribution is 2.29. The number of carbonyl (C=O) groups is 2. The van der Waals surface area contributed by atoms with Crippen LogP contribution in [0.1, 0.15) is 52.4 Å². The summed E-state index contributed by atoms with van der Waals surface area (Å²) < 4.78 is 38.1. The highest BCUT2D eigenvalue weighted by Gasteiger charge is 2.30. The van der Waals surface area contributed by atoms with E-state index in [0.29, 0.717) is 35.0 Å². The molecule has 2 aromatic carbocycles. The fraction of sp³-hybridized carbons (Fsp3) is 0.280. The SMILES string of the molecule is CNc1nc(Cc2ccc(NC(=O)c3ccc(C(F)(F)F)cc3)cc2)nc(C(C)(C)N)c1CC(=O)O. The standard InChI is InChI=1S/C25H26F3N5O3/c1-24(2,29)21-18(13-20(34)35)22(30-3)33-19(32-21)12-14-4-10-17(11-5-14)31-23(36)15-6-8-16(9-7-15)25(26,27)28/h4-11H,12-13,29H2,1-3H3,(H,31,36)(H,34,35)(H,30,32,33). The van der Waals surface area contributed by atoms with Gasteiger partial charge in [-0.15, -0.1) is 0 Å². The summed E-state index contributed by atoms with van der Waals surface area (Å²) in [5, 5.41) is 14.9. The van der Waals surface area contributed by atoms with E-state index in [9.17, 15) is 27.9 Å². The molecule has 11 heteroatoms. The van der Waals surface area contributed by atoms with Crippen molar-refractivity contribution in [2.45, 2.75) is 38.4 Å². The lowest BCUT2D eigenvalue weighted by Crippen LogP contribution is -2.33. The number of amides is 1. The fourth-order valence-electron chi connectivity index (χ4n) is 3.57. The first kappa shape index (κ1) is 26.6. The van der Waals surface area contributed by atoms with E-state index < -0.39 is 29.2 Å². The summed E-state index contributed by atoms with van der Waals surface area (Å²) in [5.74, 6) is -0.746. The lowest BCUT2D eigenvalue weighted by atomic mass is 9.95. The van der Waals surface area contributed by atoms with Crippen molar-refractivity contribution in [1.82, 2.24) is 9.97 Å². The van der Waals surface area contributed by atoms with Gasteiger partial charge in [-0.25, -0.2) is 9.97 Å². The van der Waals surface area contributed by atoms with Crippen molar-refractivity contribution in [2.24, 2.45) is 5.73 Å². The van der Waals surface area contributed by atoms with E-state index in [1.54, 1.807) is 45.2 Å². The van der Waals surface area contributed by atoms with Gasteiger partial charge in [-0.3, -0.25) is 9.59 Å². The molecule has 1 heterocycles. The van der Waals surface area contributed by atoms with E-state index in [1.807, 2.05) is 0 Å². The largest absolute Gasteiger partial charge is 0.481 e. The molecule has 0 radical (unpaired) electrons. The number of aliphatic carboxylic acids is 1. The van der Waals surface area contributed by atoms with Gasteiger partial charge in [0.15, 0.2) is 0 Å². The van der Waals surface area contributed by atoms with Crippen LogP contribution in [0, 0.1) is 0 Å². The number of alkyl halides is 3. The van der Waals surface area contributed by atoms with Crippen LogP contribution in [0.15, 0.2) is 48.5 Å². The van der Waals surface area contributed by atoms with Crippen LogP contribution in [0.4, 0.5) is 24.7 Å². The molecule has 36 heavy (non-hydrogen) atoms. The van der Waals surface area contributed by atoms with Crippen molar-refractivity contribution in [3.63, 3.8) is 0 Å². The van der Waals surface area contributed by atoms with Crippen molar-refractivity contribution >= 4 is 23.4 Å². The van der Waals surface area contributed by atoms with Gasteiger partial charge in [0.25, 0.3) is 5.91 Å². The third-order valence-electron chi connectivity index (χ3n) is 5.28.